The second-order valence-electron chi connectivity index (χ2n) is 3.78. The summed E-state index contributed by atoms with van der Waals surface area (Å²) < 4.78 is 6.13. The number of nitrogens with zero attached hydrogens (tertiary/aromatic N) is 1. The number of ether oxygens (including phenoxy) is 1. The molecule has 6 nitrogen and oxygen atoms in total. The number of carboxylic acids is 1. The van der Waals surface area contributed by atoms with Gasteiger partial charge in [-0.3, -0.25) is 10.1 Å². The first-order valence-corrected chi connectivity index (χ1v) is 6.22. The van der Waals surface area contributed by atoms with Gasteiger partial charge < -0.3 is 9.84 Å². The van der Waals surface area contributed by atoms with Gasteiger partial charge in [-0.15, -0.1) is 0 Å². The number of non-ortho nitro benzene ring substituents is 1. The fraction of sp³-hybridized carbons (Fsp3) is 0. The number of nitro groups is 1. The minimum atomic E-state index is -1.30. The van der Waals surface area contributed by atoms with Gasteiger partial charge in [0, 0.05) is 12.1 Å². The van der Waals surface area contributed by atoms with Crippen LogP contribution in [0.15, 0.2) is 46.9 Å². The molecular weight excluding hydrogens is 330 g/mol. The highest BCUT2D eigenvalue weighted by atomic mass is 79.9. The summed E-state index contributed by atoms with van der Waals surface area (Å²) in [5.74, 6) is -0.838. The zero-order chi connectivity index (χ0) is 14.7. The zero-order valence-corrected chi connectivity index (χ0v) is 11.5. The predicted octanol–water partition coefficient (Wildman–Crippen LogP) is 3.85. The lowest BCUT2D eigenvalue weighted by Gasteiger charge is -2.09. The third kappa shape index (κ3) is 2.94. The summed E-state index contributed by atoms with van der Waals surface area (Å²) in [6.07, 6.45) is 0. The standard InChI is InChI=1S/C13H8BrNO5/c14-10-3-1-2-4-12(10)20-11-6-5-8(15(18)19)7-9(11)13(16)17/h1-7H,(H,16,17). The smallest absolute Gasteiger partial charge is 0.339 e. The molecule has 2 rings (SSSR count). The van der Waals surface area contributed by atoms with Crippen molar-refractivity contribution in [2.75, 3.05) is 0 Å². The molecule has 0 heterocycles. The maximum atomic E-state index is 11.2. The van der Waals surface area contributed by atoms with Gasteiger partial charge in [-0.2, -0.15) is 0 Å². The number of para-hydroxylation sites is 1. The van der Waals surface area contributed by atoms with E-state index in [1.807, 2.05) is 0 Å². The maximum absolute atomic E-state index is 11.2. The van der Waals surface area contributed by atoms with Crippen LogP contribution in [-0.4, -0.2) is 16.0 Å². The molecule has 0 bridgehead atoms. The molecule has 0 amide bonds. The maximum Gasteiger partial charge on any atom is 0.339 e. The average Bonchev–Trinajstić information content (AvgIpc) is 2.41. The van der Waals surface area contributed by atoms with E-state index in [9.17, 15) is 14.9 Å². The number of hydrogen-bond donors (Lipinski definition) is 1. The van der Waals surface area contributed by atoms with Crippen molar-refractivity contribution in [3.63, 3.8) is 0 Å². The van der Waals surface area contributed by atoms with Crippen LogP contribution in [0.3, 0.4) is 0 Å². The van der Waals surface area contributed by atoms with Gasteiger partial charge in [0.1, 0.15) is 17.1 Å². The van der Waals surface area contributed by atoms with Crippen LogP contribution >= 0.6 is 15.9 Å². The average molecular weight is 338 g/mol. The molecule has 0 aliphatic rings. The number of nitro benzene ring substituents is 1. The molecule has 0 aliphatic heterocycles. The topological polar surface area (TPSA) is 89.7 Å². The van der Waals surface area contributed by atoms with E-state index in [2.05, 4.69) is 15.9 Å². The lowest BCUT2D eigenvalue weighted by Crippen LogP contribution is -2.01. The van der Waals surface area contributed by atoms with Crippen molar-refractivity contribution in [1.82, 2.24) is 0 Å². The molecule has 0 saturated heterocycles. The molecule has 20 heavy (non-hydrogen) atoms. The van der Waals surface area contributed by atoms with Crippen LogP contribution in [-0.2, 0) is 0 Å². The molecule has 0 aliphatic carbocycles. The molecule has 1 N–H and O–H groups in total. The van der Waals surface area contributed by atoms with Crippen molar-refractivity contribution >= 4 is 27.6 Å². The Labute approximate surface area is 121 Å². The number of benzene rings is 2. The third-order valence-electron chi connectivity index (χ3n) is 2.46. The van der Waals surface area contributed by atoms with Crippen LogP contribution in [0.25, 0.3) is 0 Å². The highest BCUT2D eigenvalue weighted by Gasteiger charge is 2.18. The van der Waals surface area contributed by atoms with Gasteiger partial charge in [-0.05, 0) is 34.1 Å². The number of rotatable bonds is 4. The van der Waals surface area contributed by atoms with Crippen molar-refractivity contribution in [1.29, 1.82) is 0 Å². The summed E-state index contributed by atoms with van der Waals surface area (Å²) in [5, 5.41) is 19.8. The largest absolute Gasteiger partial charge is 0.478 e. The molecule has 0 saturated carbocycles. The van der Waals surface area contributed by atoms with Crippen molar-refractivity contribution < 1.29 is 19.6 Å². The Hall–Kier alpha value is -2.41. The van der Waals surface area contributed by atoms with E-state index in [4.69, 9.17) is 9.84 Å². The molecule has 0 unspecified atom stereocenters. The summed E-state index contributed by atoms with van der Waals surface area (Å²) in [4.78, 5) is 21.2. The predicted molar refractivity (Wildman–Crippen MR) is 74.3 cm³/mol. The van der Waals surface area contributed by atoms with Crippen LogP contribution in [0, 0.1) is 10.1 Å². The van der Waals surface area contributed by atoms with Crippen molar-refractivity contribution in [3.05, 3.63) is 62.6 Å². The Morgan fingerprint density at radius 1 is 1.20 bits per heavy atom. The zero-order valence-electron chi connectivity index (χ0n) is 9.95. The summed E-state index contributed by atoms with van der Waals surface area (Å²) in [6.45, 7) is 0. The minimum Gasteiger partial charge on any atom is -0.478 e. The first-order chi connectivity index (χ1) is 9.49. The van der Waals surface area contributed by atoms with Gasteiger partial charge in [0.25, 0.3) is 5.69 Å². The number of hydrogen-bond acceptors (Lipinski definition) is 4. The lowest BCUT2D eigenvalue weighted by atomic mass is 10.2. The Balaban J connectivity index is 2.44. The van der Waals surface area contributed by atoms with E-state index < -0.39 is 10.9 Å². The Kier molecular flexibility index (Phi) is 3.99. The van der Waals surface area contributed by atoms with Crippen LogP contribution in [0.1, 0.15) is 10.4 Å². The Morgan fingerprint density at radius 2 is 1.90 bits per heavy atom. The quantitative estimate of drug-likeness (QED) is 0.676. The summed E-state index contributed by atoms with van der Waals surface area (Å²) in [6, 6.07) is 10.3. The highest BCUT2D eigenvalue weighted by Crippen LogP contribution is 2.32. The van der Waals surface area contributed by atoms with Crippen molar-refractivity contribution in [3.8, 4) is 11.5 Å². The Morgan fingerprint density at radius 3 is 2.50 bits per heavy atom. The second-order valence-corrected chi connectivity index (χ2v) is 4.63. The fourth-order valence-corrected chi connectivity index (χ4v) is 1.90. The van der Waals surface area contributed by atoms with Gasteiger partial charge >= 0.3 is 5.97 Å². The number of carbonyl (C=O) groups is 1. The van der Waals surface area contributed by atoms with Gasteiger partial charge in [-0.25, -0.2) is 4.79 Å². The summed E-state index contributed by atoms with van der Waals surface area (Å²) in [5.41, 5.74) is -0.572. The van der Waals surface area contributed by atoms with E-state index in [1.54, 1.807) is 24.3 Å². The SMILES string of the molecule is O=C(O)c1cc([N+](=O)[O-])ccc1Oc1ccccc1Br. The third-order valence-corrected chi connectivity index (χ3v) is 3.12. The van der Waals surface area contributed by atoms with E-state index >= 15 is 0 Å². The molecule has 0 fully saturated rings. The number of aromatic carboxylic acids is 1. The molecule has 2 aromatic rings. The van der Waals surface area contributed by atoms with Crippen LogP contribution in [0.4, 0.5) is 5.69 Å². The van der Waals surface area contributed by atoms with Crippen LogP contribution < -0.4 is 4.74 Å². The monoisotopic (exact) mass is 337 g/mol. The first kappa shape index (κ1) is 14.0. The van der Waals surface area contributed by atoms with Crippen molar-refractivity contribution in [2.45, 2.75) is 0 Å². The van der Waals surface area contributed by atoms with E-state index in [-0.39, 0.29) is 17.0 Å². The molecule has 0 spiro atoms. The van der Waals surface area contributed by atoms with Crippen LogP contribution in [0.5, 0.6) is 11.5 Å². The van der Waals surface area contributed by atoms with Gasteiger partial charge in [0.15, 0.2) is 0 Å². The van der Waals surface area contributed by atoms with E-state index in [0.29, 0.717) is 10.2 Å². The van der Waals surface area contributed by atoms with Crippen molar-refractivity contribution in [2.24, 2.45) is 0 Å². The second kappa shape index (κ2) is 5.70. The molecular formula is C13H8BrNO5. The number of halogens is 1. The lowest BCUT2D eigenvalue weighted by molar-refractivity contribution is -0.384. The molecule has 7 heteroatoms. The van der Waals surface area contributed by atoms with E-state index in [0.717, 1.165) is 6.07 Å². The molecule has 2 aromatic carbocycles. The fourth-order valence-electron chi connectivity index (χ4n) is 1.53. The Bertz CT molecular complexity index is 686. The molecule has 0 aromatic heterocycles. The number of carboxylic acid groups (broad SMARTS) is 1. The molecule has 102 valence electrons. The van der Waals surface area contributed by atoms with Gasteiger partial charge in [0.2, 0.25) is 0 Å². The normalized spacial score (nSPS) is 10.1. The molecule has 0 atom stereocenters. The minimum absolute atomic E-state index is 0.0370. The summed E-state index contributed by atoms with van der Waals surface area (Å²) >= 11 is 3.27. The summed E-state index contributed by atoms with van der Waals surface area (Å²) in [7, 11) is 0. The first-order valence-electron chi connectivity index (χ1n) is 5.43. The van der Waals surface area contributed by atoms with Gasteiger partial charge in [0.05, 0.1) is 9.40 Å². The van der Waals surface area contributed by atoms with Gasteiger partial charge in [-0.1, -0.05) is 12.1 Å². The highest BCUT2D eigenvalue weighted by molar-refractivity contribution is 9.10. The van der Waals surface area contributed by atoms with E-state index in [1.165, 1.54) is 12.1 Å². The van der Waals surface area contributed by atoms with Crippen LogP contribution in [0.2, 0.25) is 0 Å². The molecule has 0 radical (unpaired) electrons.